The highest BCUT2D eigenvalue weighted by Crippen LogP contribution is 2.52. The fourth-order valence-electron chi connectivity index (χ4n) is 5.42. The summed E-state index contributed by atoms with van der Waals surface area (Å²) in [6.07, 6.45) is 5.51. The zero-order valence-corrected chi connectivity index (χ0v) is 18.0. The first-order valence-electron chi connectivity index (χ1n) is 10.7. The summed E-state index contributed by atoms with van der Waals surface area (Å²) in [5, 5.41) is 5.08. The van der Waals surface area contributed by atoms with Crippen LogP contribution < -0.4 is 0 Å². The largest absolute Gasteiger partial charge is 0.308 e. The molecule has 154 valence electrons. The topological polar surface area (TPSA) is 52.1 Å². The summed E-state index contributed by atoms with van der Waals surface area (Å²) >= 11 is 0. The second-order valence-corrected chi connectivity index (χ2v) is 8.83. The number of fused-ring (bicyclic) bond motifs is 3. The molecule has 5 heteroatoms. The first-order chi connectivity index (χ1) is 14.9. The van der Waals surface area contributed by atoms with Gasteiger partial charge in [0, 0.05) is 28.2 Å². The Morgan fingerprint density at radius 2 is 1.97 bits per heavy atom. The van der Waals surface area contributed by atoms with E-state index in [9.17, 15) is 4.79 Å². The Morgan fingerprint density at radius 1 is 1.19 bits per heavy atom. The van der Waals surface area contributed by atoms with Crippen LogP contribution in [0.25, 0.3) is 21.8 Å². The number of hydrogen-bond donors (Lipinski definition) is 0. The normalized spacial score (nSPS) is 24.7. The maximum atomic E-state index is 12.8. The van der Waals surface area contributed by atoms with Gasteiger partial charge in [0.15, 0.2) is 5.78 Å². The molecule has 2 aliphatic carbocycles. The van der Waals surface area contributed by atoms with E-state index in [1.165, 1.54) is 5.56 Å². The van der Waals surface area contributed by atoms with Crippen molar-refractivity contribution in [2.24, 2.45) is 11.8 Å². The van der Waals surface area contributed by atoms with Crippen molar-refractivity contribution in [2.45, 2.75) is 39.0 Å². The summed E-state index contributed by atoms with van der Waals surface area (Å²) in [5.74, 6) is -0.0883. The molecule has 5 nitrogen and oxygen atoms in total. The number of carbonyl (C=O) groups excluding carboxylic acids is 1. The van der Waals surface area contributed by atoms with Crippen LogP contribution in [0.3, 0.4) is 0 Å². The van der Waals surface area contributed by atoms with Gasteiger partial charge in [0.1, 0.15) is 0 Å². The van der Waals surface area contributed by atoms with E-state index in [0.29, 0.717) is 0 Å². The Kier molecular flexibility index (Phi) is 4.40. The minimum atomic E-state index is -0.453. The molecule has 0 N–H and O–H groups in total. The Bertz CT molecular complexity index is 1250. The first kappa shape index (κ1) is 19.4. The summed E-state index contributed by atoms with van der Waals surface area (Å²) in [5.41, 5.74) is 5.97. The SMILES string of the molecule is [C-]#[N+]C1=C[C@@]2(C)c3c(c(-c4ccccc4)nn3-c3ccc(C)nc3)CC[C@@H]2[C@@H](C)C1=O. The predicted molar refractivity (Wildman–Crippen MR) is 120 cm³/mol. The van der Waals surface area contributed by atoms with Gasteiger partial charge in [-0.05, 0) is 37.8 Å². The van der Waals surface area contributed by atoms with Crippen LogP contribution in [0.2, 0.25) is 0 Å². The van der Waals surface area contributed by atoms with Gasteiger partial charge in [0.05, 0.1) is 29.8 Å². The number of rotatable bonds is 2. The van der Waals surface area contributed by atoms with Gasteiger partial charge in [0.25, 0.3) is 0 Å². The van der Waals surface area contributed by atoms with E-state index < -0.39 is 5.41 Å². The number of pyridine rings is 1. The number of aryl methyl sites for hydroxylation is 1. The average molecular weight is 409 g/mol. The lowest BCUT2D eigenvalue weighted by atomic mass is 9.58. The lowest BCUT2D eigenvalue weighted by Crippen LogP contribution is -2.46. The van der Waals surface area contributed by atoms with Gasteiger partial charge in [-0.15, -0.1) is 0 Å². The van der Waals surface area contributed by atoms with Crippen molar-refractivity contribution in [3.8, 4) is 16.9 Å². The molecular formula is C26H24N4O. The van der Waals surface area contributed by atoms with Crippen molar-refractivity contribution in [1.29, 1.82) is 0 Å². The molecule has 0 bridgehead atoms. The highest BCUT2D eigenvalue weighted by Gasteiger charge is 2.50. The summed E-state index contributed by atoms with van der Waals surface area (Å²) in [6, 6.07) is 14.3. The lowest BCUT2D eigenvalue weighted by molar-refractivity contribution is -0.121. The third-order valence-electron chi connectivity index (χ3n) is 6.98. The number of carbonyl (C=O) groups is 1. The highest BCUT2D eigenvalue weighted by molar-refractivity contribution is 6.00. The van der Waals surface area contributed by atoms with Crippen LogP contribution in [0.5, 0.6) is 0 Å². The molecule has 3 aromatic rings. The molecule has 2 aliphatic rings. The molecule has 0 amide bonds. The maximum Gasteiger partial charge on any atom is 0.226 e. The fourth-order valence-corrected chi connectivity index (χ4v) is 5.42. The standard InChI is InChI=1S/C26H24N4O/c1-16-10-11-19(15-28-16)30-25-20(23(29-30)18-8-6-5-7-9-18)12-13-21-17(2)24(31)22(27-4)14-26(21,25)3/h5-11,14-15,17,21H,12-13H2,1-3H3/t17-,21-,26-/m1/s1. The number of hydrogen-bond acceptors (Lipinski definition) is 3. The van der Waals surface area contributed by atoms with Gasteiger partial charge in [-0.2, -0.15) is 5.10 Å². The van der Waals surface area contributed by atoms with Gasteiger partial charge >= 0.3 is 0 Å². The predicted octanol–water partition coefficient (Wildman–Crippen LogP) is 5.08. The van der Waals surface area contributed by atoms with E-state index in [-0.39, 0.29) is 23.3 Å². The molecule has 0 saturated carbocycles. The average Bonchev–Trinajstić information content (AvgIpc) is 3.18. The quantitative estimate of drug-likeness (QED) is 0.555. The zero-order chi connectivity index (χ0) is 21.8. The monoisotopic (exact) mass is 408 g/mol. The minimum absolute atomic E-state index is 0.0349. The van der Waals surface area contributed by atoms with Crippen LogP contribution in [-0.4, -0.2) is 20.5 Å². The van der Waals surface area contributed by atoms with Crippen molar-refractivity contribution >= 4 is 5.78 Å². The maximum absolute atomic E-state index is 12.8. The number of allylic oxidation sites excluding steroid dienone is 2. The van der Waals surface area contributed by atoms with Crippen LogP contribution in [0, 0.1) is 25.3 Å². The summed E-state index contributed by atoms with van der Waals surface area (Å²) < 4.78 is 2.00. The molecular weight excluding hydrogens is 384 g/mol. The molecule has 0 spiro atoms. The third kappa shape index (κ3) is 2.86. The molecule has 0 unspecified atom stereocenters. The van der Waals surface area contributed by atoms with Crippen molar-refractivity contribution in [3.05, 3.63) is 88.8 Å². The Hall–Kier alpha value is -3.52. The first-order valence-corrected chi connectivity index (χ1v) is 10.7. The van der Waals surface area contributed by atoms with Gasteiger partial charge in [-0.3, -0.25) is 4.98 Å². The van der Waals surface area contributed by atoms with Crippen molar-refractivity contribution in [2.75, 3.05) is 0 Å². The van der Waals surface area contributed by atoms with Crippen LogP contribution in [0.4, 0.5) is 0 Å². The molecule has 0 fully saturated rings. The zero-order valence-electron chi connectivity index (χ0n) is 18.0. The number of benzene rings is 1. The Labute approximate surface area is 182 Å². The highest BCUT2D eigenvalue weighted by atomic mass is 16.1. The third-order valence-corrected chi connectivity index (χ3v) is 6.98. The summed E-state index contributed by atoms with van der Waals surface area (Å²) in [4.78, 5) is 20.8. The van der Waals surface area contributed by atoms with Gasteiger partial charge in [-0.25, -0.2) is 9.53 Å². The van der Waals surface area contributed by atoms with E-state index in [1.807, 2.05) is 61.1 Å². The molecule has 2 heterocycles. The second-order valence-electron chi connectivity index (χ2n) is 8.83. The molecule has 3 atom stereocenters. The molecule has 1 aromatic carbocycles. The van der Waals surface area contributed by atoms with Crippen molar-refractivity contribution in [1.82, 2.24) is 14.8 Å². The van der Waals surface area contributed by atoms with Crippen LogP contribution in [-0.2, 0) is 16.6 Å². The molecule has 0 aliphatic heterocycles. The van der Waals surface area contributed by atoms with E-state index in [2.05, 4.69) is 28.9 Å². The Balaban J connectivity index is 1.82. The minimum Gasteiger partial charge on any atom is -0.308 e. The van der Waals surface area contributed by atoms with E-state index in [1.54, 1.807) is 0 Å². The Morgan fingerprint density at radius 3 is 2.65 bits per heavy atom. The van der Waals surface area contributed by atoms with Crippen molar-refractivity contribution < 1.29 is 4.79 Å². The van der Waals surface area contributed by atoms with Gasteiger partial charge < -0.3 is 4.79 Å². The molecule has 5 rings (SSSR count). The lowest BCUT2D eigenvalue weighted by Gasteiger charge is -2.45. The van der Waals surface area contributed by atoms with Crippen molar-refractivity contribution in [3.63, 3.8) is 0 Å². The number of nitrogens with zero attached hydrogens (tertiary/aromatic N) is 4. The van der Waals surface area contributed by atoms with Crippen LogP contribution in [0.1, 0.15) is 37.2 Å². The molecule has 0 saturated heterocycles. The number of ketones is 1. The summed E-state index contributed by atoms with van der Waals surface area (Å²) in [6.45, 7) is 13.7. The molecule has 2 aromatic heterocycles. The van der Waals surface area contributed by atoms with Gasteiger partial charge in [0.2, 0.25) is 5.70 Å². The van der Waals surface area contributed by atoms with Crippen LogP contribution in [0.15, 0.2) is 60.4 Å². The molecule has 0 radical (unpaired) electrons. The van der Waals surface area contributed by atoms with E-state index in [0.717, 1.165) is 41.2 Å². The second kappa shape index (κ2) is 7.02. The smallest absolute Gasteiger partial charge is 0.226 e. The number of Topliss-reactive ketones (excluding diaryl/α,β-unsaturated/α-hetero) is 1. The summed E-state index contributed by atoms with van der Waals surface area (Å²) in [7, 11) is 0. The van der Waals surface area contributed by atoms with E-state index in [4.69, 9.17) is 11.7 Å². The fraction of sp³-hybridized carbons (Fsp3) is 0.308. The van der Waals surface area contributed by atoms with Crippen LogP contribution >= 0.6 is 0 Å². The van der Waals surface area contributed by atoms with E-state index >= 15 is 0 Å². The molecule has 31 heavy (non-hydrogen) atoms. The number of aromatic nitrogens is 3. The van der Waals surface area contributed by atoms with Gasteiger partial charge in [-0.1, -0.05) is 50.3 Å².